The summed E-state index contributed by atoms with van der Waals surface area (Å²) in [5, 5.41) is 9.75. The molecule has 0 saturated heterocycles. The Morgan fingerprint density at radius 1 is 1.17 bits per heavy atom. The molecule has 128 valence electrons. The quantitative estimate of drug-likeness (QED) is 0.610. The minimum absolute atomic E-state index is 0.0913. The minimum Gasteiger partial charge on any atom is -0.493 e. The molecule has 0 atom stereocenters. The molecule has 24 heavy (non-hydrogen) atoms. The lowest BCUT2D eigenvalue weighted by Gasteiger charge is -2.14. The molecule has 1 aromatic heterocycles. The number of ketones is 1. The van der Waals surface area contributed by atoms with Gasteiger partial charge in [-0.05, 0) is 39.0 Å². The molecule has 1 N–H and O–H groups in total. The lowest BCUT2D eigenvalue weighted by atomic mass is 10.1. The molecular formula is C16H19N3O5. The maximum Gasteiger partial charge on any atom is 0.361 e. The fourth-order valence-corrected chi connectivity index (χ4v) is 2.03. The van der Waals surface area contributed by atoms with Crippen molar-refractivity contribution < 1.29 is 23.8 Å². The number of carbonyl (C=O) groups excluding carboxylic acids is 2. The van der Waals surface area contributed by atoms with Crippen LogP contribution in [-0.4, -0.2) is 47.0 Å². The van der Waals surface area contributed by atoms with Crippen LogP contribution in [0.5, 0.6) is 11.5 Å². The molecule has 2 rings (SSSR count). The van der Waals surface area contributed by atoms with Crippen LogP contribution in [-0.2, 0) is 4.74 Å². The standard InChI is InChI=1S/C16H19N3O5/c1-5-23-16(21)14-13(17-19-18-14)15(20)10-6-7-11(22-4)12(8-10)24-9(2)3/h6-9H,5H2,1-4H3,(H,17,18,19). The number of esters is 1. The van der Waals surface area contributed by atoms with Crippen molar-refractivity contribution in [3.8, 4) is 11.5 Å². The molecule has 0 unspecified atom stereocenters. The second-order valence-corrected chi connectivity index (χ2v) is 5.10. The number of nitrogens with one attached hydrogen (secondary N) is 1. The van der Waals surface area contributed by atoms with E-state index in [0.29, 0.717) is 17.1 Å². The molecule has 0 aliphatic carbocycles. The first-order valence-electron chi connectivity index (χ1n) is 7.45. The Labute approximate surface area is 139 Å². The van der Waals surface area contributed by atoms with Crippen LogP contribution in [0.15, 0.2) is 18.2 Å². The highest BCUT2D eigenvalue weighted by atomic mass is 16.5. The van der Waals surface area contributed by atoms with E-state index < -0.39 is 11.8 Å². The Hall–Kier alpha value is -2.90. The van der Waals surface area contributed by atoms with Gasteiger partial charge in [-0.3, -0.25) is 4.79 Å². The van der Waals surface area contributed by atoms with Gasteiger partial charge in [0.1, 0.15) is 0 Å². The number of hydrogen-bond acceptors (Lipinski definition) is 7. The third-order valence-corrected chi connectivity index (χ3v) is 3.02. The van der Waals surface area contributed by atoms with Gasteiger partial charge in [0, 0.05) is 5.56 Å². The molecule has 0 radical (unpaired) electrons. The third-order valence-electron chi connectivity index (χ3n) is 3.02. The predicted octanol–water partition coefficient (Wildman–Crippen LogP) is 2.01. The minimum atomic E-state index is -0.707. The molecule has 0 saturated carbocycles. The summed E-state index contributed by atoms with van der Waals surface area (Å²) in [6.45, 7) is 5.57. The summed E-state index contributed by atoms with van der Waals surface area (Å²) in [5.41, 5.74) is 0.0454. The summed E-state index contributed by atoms with van der Waals surface area (Å²) in [6.07, 6.45) is -0.0913. The molecular weight excluding hydrogens is 314 g/mol. The zero-order valence-electron chi connectivity index (χ0n) is 14.0. The third kappa shape index (κ3) is 3.70. The first-order valence-corrected chi connectivity index (χ1v) is 7.45. The number of aromatic nitrogens is 3. The Kier molecular flexibility index (Phi) is 5.51. The van der Waals surface area contributed by atoms with Crippen molar-refractivity contribution in [2.24, 2.45) is 0 Å². The highest BCUT2D eigenvalue weighted by Crippen LogP contribution is 2.30. The SMILES string of the molecule is CCOC(=O)c1n[nH]nc1C(=O)c1ccc(OC)c(OC(C)C)c1. The number of nitrogens with zero attached hydrogens (tertiary/aromatic N) is 2. The average Bonchev–Trinajstić information content (AvgIpc) is 3.03. The van der Waals surface area contributed by atoms with Gasteiger partial charge in [0.15, 0.2) is 17.2 Å². The number of H-pyrrole nitrogens is 1. The number of hydrogen-bond donors (Lipinski definition) is 1. The van der Waals surface area contributed by atoms with E-state index in [9.17, 15) is 9.59 Å². The summed E-state index contributed by atoms with van der Waals surface area (Å²) in [5.74, 6) is -0.240. The van der Waals surface area contributed by atoms with Crippen LogP contribution in [0.4, 0.5) is 0 Å². The first kappa shape index (κ1) is 17.5. The molecule has 0 aliphatic rings. The van der Waals surface area contributed by atoms with E-state index in [1.165, 1.54) is 7.11 Å². The van der Waals surface area contributed by atoms with Crippen molar-refractivity contribution in [1.82, 2.24) is 15.4 Å². The van der Waals surface area contributed by atoms with Crippen molar-refractivity contribution in [2.75, 3.05) is 13.7 Å². The predicted molar refractivity (Wildman–Crippen MR) is 84.5 cm³/mol. The second kappa shape index (κ2) is 7.58. The molecule has 2 aromatic rings. The van der Waals surface area contributed by atoms with Gasteiger partial charge in [-0.25, -0.2) is 4.79 Å². The molecule has 0 bridgehead atoms. The normalized spacial score (nSPS) is 10.5. The Morgan fingerprint density at radius 3 is 2.50 bits per heavy atom. The van der Waals surface area contributed by atoms with Crippen LogP contribution in [0, 0.1) is 0 Å². The van der Waals surface area contributed by atoms with Gasteiger partial charge in [-0.15, -0.1) is 5.10 Å². The van der Waals surface area contributed by atoms with Crippen LogP contribution in [0.1, 0.15) is 47.3 Å². The molecule has 0 spiro atoms. The smallest absolute Gasteiger partial charge is 0.361 e. The van der Waals surface area contributed by atoms with Crippen molar-refractivity contribution >= 4 is 11.8 Å². The summed E-state index contributed by atoms with van der Waals surface area (Å²) in [6, 6.07) is 4.73. The highest BCUT2D eigenvalue weighted by Gasteiger charge is 2.25. The zero-order chi connectivity index (χ0) is 17.7. The van der Waals surface area contributed by atoms with Crippen LogP contribution in [0.25, 0.3) is 0 Å². The Morgan fingerprint density at radius 2 is 1.88 bits per heavy atom. The number of rotatable bonds is 7. The molecule has 1 aromatic carbocycles. The number of methoxy groups -OCH3 is 1. The summed E-state index contributed by atoms with van der Waals surface area (Å²) >= 11 is 0. The topological polar surface area (TPSA) is 103 Å². The lowest BCUT2D eigenvalue weighted by Crippen LogP contribution is -2.13. The maximum absolute atomic E-state index is 12.6. The lowest BCUT2D eigenvalue weighted by molar-refractivity contribution is 0.0516. The van der Waals surface area contributed by atoms with E-state index in [1.54, 1.807) is 25.1 Å². The van der Waals surface area contributed by atoms with E-state index in [4.69, 9.17) is 14.2 Å². The van der Waals surface area contributed by atoms with Crippen LogP contribution < -0.4 is 9.47 Å². The van der Waals surface area contributed by atoms with E-state index >= 15 is 0 Å². The van der Waals surface area contributed by atoms with Gasteiger partial charge in [0.2, 0.25) is 11.5 Å². The molecule has 1 heterocycles. The number of ether oxygens (including phenoxy) is 3. The maximum atomic E-state index is 12.6. The molecule has 0 amide bonds. The number of benzene rings is 1. The zero-order valence-corrected chi connectivity index (χ0v) is 14.0. The fraction of sp³-hybridized carbons (Fsp3) is 0.375. The number of carbonyl (C=O) groups is 2. The van der Waals surface area contributed by atoms with Crippen LogP contribution in [0.2, 0.25) is 0 Å². The first-order chi connectivity index (χ1) is 11.5. The fourth-order valence-electron chi connectivity index (χ4n) is 2.03. The van der Waals surface area contributed by atoms with Crippen molar-refractivity contribution in [3.63, 3.8) is 0 Å². The van der Waals surface area contributed by atoms with Crippen LogP contribution >= 0.6 is 0 Å². The summed E-state index contributed by atoms with van der Waals surface area (Å²) in [4.78, 5) is 24.5. The van der Waals surface area contributed by atoms with Gasteiger partial charge in [0.25, 0.3) is 0 Å². The van der Waals surface area contributed by atoms with Crippen molar-refractivity contribution in [2.45, 2.75) is 26.9 Å². The van der Waals surface area contributed by atoms with Crippen LogP contribution in [0.3, 0.4) is 0 Å². The molecule has 8 nitrogen and oxygen atoms in total. The van der Waals surface area contributed by atoms with E-state index in [-0.39, 0.29) is 24.1 Å². The largest absolute Gasteiger partial charge is 0.493 e. The van der Waals surface area contributed by atoms with E-state index in [0.717, 1.165) is 0 Å². The Balaban J connectivity index is 2.37. The molecule has 0 fully saturated rings. The van der Waals surface area contributed by atoms with Gasteiger partial charge in [-0.1, -0.05) is 0 Å². The summed E-state index contributed by atoms with van der Waals surface area (Å²) < 4.78 is 15.7. The van der Waals surface area contributed by atoms with Crippen molar-refractivity contribution in [1.29, 1.82) is 0 Å². The van der Waals surface area contributed by atoms with E-state index in [2.05, 4.69) is 15.4 Å². The Bertz CT molecular complexity index is 739. The molecule has 8 heteroatoms. The monoisotopic (exact) mass is 333 g/mol. The number of aromatic amines is 1. The highest BCUT2D eigenvalue weighted by molar-refractivity contribution is 6.12. The van der Waals surface area contributed by atoms with Gasteiger partial charge in [0.05, 0.1) is 19.8 Å². The molecule has 0 aliphatic heterocycles. The van der Waals surface area contributed by atoms with Gasteiger partial charge >= 0.3 is 5.97 Å². The second-order valence-electron chi connectivity index (χ2n) is 5.10. The van der Waals surface area contributed by atoms with E-state index in [1.807, 2.05) is 13.8 Å². The van der Waals surface area contributed by atoms with Gasteiger partial charge < -0.3 is 14.2 Å². The van der Waals surface area contributed by atoms with Crippen molar-refractivity contribution in [3.05, 3.63) is 35.2 Å². The average molecular weight is 333 g/mol. The van der Waals surface area contributed by atoms with Gasteiger partial charge in [-0.2, -0.15) is 10.3 Å². The summed E-state index contributed by atoms with van der Waals surface area (Å²) in [7, 11) is 1.51.